The van der Waals surface area contributed by atoms with E-state index in [1.54, 1.807) is 0 Å². The van der Waals surface area contributed by atoms with Crippen LogP contribution >= 0.6 is 11.6 Å². The van der Waals surface area contributed by atoms with E-state index < -0.39 is 0 Å². The Morgan fingerprint density at radius 1 is 1.47 bits per heavy atom. The molecule has 1 aliphatic heterocycles. The molecule has 1 heterocycles. The standard InChI is InChI=1S/C15H20ClNO2/c1-12-11-17(9-10-19-12)15(18)8-4-6-13-5-2-3-7-14(13)16/h2-3,5,7,12H,4,6,8-11H2,1H3. The molecular formula is C15H20ClNO2. The molecule has 1 aliphatic rings. The molecule has 19 heavy (non-hydrogen) atoms. The Kier molecular flexibility index (Phi) is 5.23. The van der Waals surface area contributed by atoms with Gasteiger partial charge in [0.25, 0.3) is 0 Å². The van der Waals surface area contributed by atoms with Crippen LogP contribution in [0.4, 0.5) is 0 Å². The minimum atomic E-state index is 0.154. The smallest absolute Gasteiger partial charge is 0.222 e. The van der Waals surface area contributed by atoms with Gasteiger partial charge in [-0.1, -0.05) is 29.8 Å². The lowest BCUT2D eigenvalue weighted by molar-refractivity contribution is -0.138. The Hall–Kier alpha value is -1.06. The van der Waals surface area contributed by atoms with Crippen LogP contribution in [0.25, 0.3) is 0 Å². The third kappa shape index (κ3) is 4.22. The first kappa shape index (κ1) is 14.4. The van der Waals surface area contributed by atoms with Crippen LogP contribution in [0.15, 0.2) is 24.3 Å². The minimum Gasteiger partial charge on any atom is -0.375 e. The number of benzene rings is 1. The number of carbonyl (C=O) groups is 1. The van der Waals surface area contributed by atoms with Crippen molar-refractivity contribution in [3.8, 4) is 0 Å². The van der Waals surface area contributed by atoms with Gasteiger partial charge >= 0.3 is 0 Å². The van der Waals surface area contributed by atoms with Crippen molar-refractivity contribution in [1.29, 1.82) is 0 Å². The summed E-state index contributed by atoms with van der Waals surface area (Å²) < 4.78 is 5.44. The average Bonchev–Trinajstić information content (AvgIpc) is 2.41. The zero-order chi connectivity index (χ0) is 13.7. The predicted octanol–water partition coefficient (Wildman–Crippen LogP) is 2.91. The van der Waals surface area contributed by atoms with Gasteiger partial charge in [0.1, 0.15) is 0 Å². The third-order valence-electron chi connectivity index (χ3n) is 3.39. The fourth-order valence-electron chi connectivity index (χ4n) is 2.33. The SMILES string of the molecule is CC1CN(C(=O)CCCc2ccccc2Cl)CCO1. The molecule has 0 N–H and O–H groups in total. The Morgan fingerprint density at radius 3 is 3.00 bits per heavy atom. The second-order valence-corrected chi connectivity index (χ2v) is 5.37. The van der Waals surface area contributed by atoms with Crippen LogP contribution in [0.3, 0.4) is 0 Å². The van der Waals surface area contributed by atoms with Crippen molar-refractivity contribution in [2.24, 2.45) is 0 Å². The molecule has 0 aromatic heterocycles. The number of rotatable bonds is 4. The summed E-state index contributed by atoms with van der Waals surface area (Å²) in [5, 5.41) is 0.787. The first-order chi connectivity index (χ1) is 9.16. The predicted molar refractivity (Wildman–Crippen MR) is 76.4 cm³/mol. The van der Waals surface area contributed by atoms with Gasteiger partial charge in [-0.2, -0.15) is 0 Å². The maximum atomic E-state index is 12.1. The maximum Gasteiger partial charge on any atom is 0.222 e. The summed E-state index contributed by atoms with van der Waals surface area (Å²) in [6.45, 7) is 4.08. The van der Waals surface area contributed by atoms with Gasteiger partial charge in [-0.05, 0) is 31.4 Å². The zero-order valence-electron chi connectivity index (χ0n) is 11.3. The Bertz CT molecular complexity index is 436. The number of carbonyl (C=O) groups excluding carboxylic acids is 1. The highest BCUT2D eigenvalue weighted by atomic mass is 35.5. The number of amides is 1. The van der Waals surface area contributed by atoms with E-state index in [1.165, 1.54) is 0 Å². The number of hydrogen-bond acceptors (Lipinski definition) is 2. The molecule has 4 heteroatoms. The quantitative estimate of drug-likeness (QED) is 0.849. The van der Waals surface area contributed by atoms with Gasteiger partial charge in [0.05, 0.1) is 12.7 Å². The monoisotopic (exact) mass is 281 g/mol. The molecule has 1 saturated heterocycles. The van der Waals surface area contributed by atoms with E-state index in [-0.39, 0.29) is 12.0 Å². The van der Waals surface area contributed by atoms with Crippen LogP contribution in [-0.4, -0.2) is 36.6 Å². The number of aryl methyl sites for hydroxylation is 1. The van der Waals surface area contributed by atoms with Crippen LogP contribution < -0.4 is 0 Å². The van der Waals surface area contributed by atoms with Gasteiger partial charge in [-0.25, -0.2) is 0 Å². The molecule has 0 spiro atoms. The highest BCUT2D eigenvalue weighted by molar-refractivity contribution is 6.31. The fraction of sp³-hybridized carbons (Fsp3) is 0.533. The number of hydrogen-bond donors (Lipinski definition) is 0. The summed E-state index contributed by atoms with van der Waals surface area (Å²) in [5.41, 5.74) is 1.12. The van der Waals surface area contributed by atoms with Gasteiger partial charge < -0.3 is 9.64 Å². The number of halogens is 1. The van der Waals surface area contributed by atoms with Crippen LogP contribution in [0.5, 0.6) is 0 Å². The average molecular weight is 282 g/mol. The lowest BCUT2D eigenvalue weighted by Gasteiger charge is -2.31. The molecule has 1 atom stereocenters. The third-order valence-corrected chi connectivity index (χ3v) is 3.76. The Balaban J connectivity index is 1.76. The minimum absolute atomic E-state index is 0.154. The second-order valence-electron chi connectivity index (χ2n) is 4.97. The van der Waals surface area contributed by atoms with Crippen molar-refractivity contribution < 1.29 is 9.53 Å². The highest BCUT2D eigenvalue weighted by Crippen LogP contribution is 2.17. The topological polar surface area (TPSA) is 29.5 Å². The molecule has 0 saturated carbocycles. The largest absolute Gasteiger partial charge is 0.375 e. The van der Waals surface area contributed by atoms with E-state index in [2.05, 4.69) is 0 Å². The molecule has 3 nitrogen and oxygen atoms in total. The summed E-state index contributed by atoms with van der Waals surface area (Å²) in [5.74, 6) is 0.224. The van der Waals surface area contributed by atoms with Crippen LogP contribution in [-0.2, 0) is 16.0 Å². The molecule has 104 valence electrons. The lowest BCUT2D eigenvalue weighted by atomic mass is 10.1. The van der Waals surface area contributed by atoms with E-state index in [0.717, 1.165) is 30.0 Å². The first-order valence-corrected chi connectivity index (χ1v) is 7.17. The summed E-state index contributed by atoms with van der Waals surface area (Å²) >= 11 is 6.10. The lowest BCUT2D eigenvalue weighted by Crippen LogP contribution is -2.44. The molecule has 1 aromatic carbocycles. The normalized spacial score (nSPS) is 19.5. The molecule has 1 unspecified atom stereocenters. The maximum absolute atomic E-state index is 12.1. The number of ether oxygens (including phenoxy) is 1. The van der Waals surface area contributed by atoms with Crippen LogP contribution in [0.2, 0.25) is 5.02 Å². The first-order valence-electron chi connectivity index (χ1n) is 6.79. The van der Waals surface area contributed by atoms with E-state index in [0.29, 0.717) is 19.6 Å². The van der Waals surface area contributed by atoms with Crippen molar-refractivity contribution in [3.05, 3.63) is 34.9 Å². The molecule has 0 aliphatic carbocycles. The summed E-state index contributed by atoms with van der Waals surface area (Å²) in [6.07, 6.45) is 2.43. The van der Waals surface area contributed by atoms with Crippen molar-refractivity contribution in [2.45, 2.75) is 32.3 Å². The molecule has 1 amide bonds. The molecule has 2 rings (SSSR count). The molecule has 0 bridgehead atoms. The van der Waals surface area contributed by atoms with Gasteiger partial charge in [0.2, 0.25) is 5.91 Å². The Morgan fingerprint density at radius 2 is 2.26 bits per heavy atom. The van der Waals surface area contributed by atoms with Crippen molar-refractivity contribution in [1.82, 2.24) is 4.90 Å². The molecule has 1 fully saturated rings. The van der Waals surface area contributed by atoms with E-state index in [9.17, 15) is 4.79 Å². The molecular weight excluding hydrogens is 262 g/mol. The van der Waals surface area contributed by atoms with E-state index >= 15 is 0 Å². The number of nitrogens with zero attached hydrogens (tertiary/aromatic N) is 1. The van der Waals surface area contributed by atoms with Gasteiger partial charge in [0, 0.05) is 24.5 Å². The van der Waals surface area contributed by atoms with Crippen LogP contribution in [0.1, 0.15) is 25.3 Å². The van der Waals surface area contributed by atoms with E-state index in [4.69, 9.17) is 16.3 Å². The summed E-state index contributed by atoms with van der Waals surface area (Å²) in [6, 6.07) is 7.81. The fourth-order valence-corrected chi connectivity index (χ4v) is 2.56. The summed E-state index contributed by atoms with van der Waals surface area (Å²) in [4.78, 5) is 14.0. The summed E-state index contributed by atoms with van der Waals surface area (Å²) in [7, 11) is 0. The van der Waals surface area contributed by atoms with Crippen LogP contribution in [0, 0.1) is 0 Å². The Labute approximate surface area is 119 Å². The molecule has 1 aromatic rings. The van der Waals surface area contributed by atoms with Crippen molar-refractivity contribution in [2.75, 3.05) is 19.7 Å². The van der Waals surface area contributed by atoms with E-state index in [1.807, 2.05) is 36.1 Å². The van der Waals surface area contributed by atoms with Gasteiger partial charge in [-0.15, -0.1) is 0 Å². The molecule has 0 radical (unpaired) electrons. The number of morpholine rings is 1. The van der Waals surface area contributed by atoms with Gasteiger partial charge in [-0.3, -0.25) is 4.79 Å². The highest BCUT2D eigenvalue weighted by Gasteiger charge is 2.20. The van der Waals surface area contributed by atoms with Crippen molar-refractivity contribution >= 4 is 17.5 Å². The van der Waals surface area contributed by atoms with Gasteiger partial charge in [0.15, 0.2) is 0 Å². The zero-order valence-corrected chi connectivity index (χ0v) is 12.0. The van der Waals surface area contributed by atoms with Crippen molar-refractivity contribution in [3.63, 3.8) is 0 Å². The second kappa shape index (κ2) is 6.92.